The first kappa shape index (κ1) is 29.5. The van der Waals surface area contributed by atoms with Gasteiger partial charge < -0.3 is 20.4 Å². The number of amides is 1. The van der Waals surface area contributed by atoms with Gasteiger partial charge in [0.2, 0.25) is 11.9 Å². The summed E-state index contributed by atoms with van der Waals surface area (Å²) in [4.78, 5) is 31.7. The van der Waals surface area contributed by atoms with Crippen LogP contribution in [0.5, 0.6) is 0 Å². The molecule has 0 bridgehead atoms. The number of aromatic nitrogens is 4. The average molecular weight is 596 g/mol. The molecule has 1 amide bonds. The SMILES string of the molecule is CCC(C(=O)Nc1nccc2c(-c3nc(Nc4cccc(S(C)(=O)=O)c4F)ncc3C)c[nH]c12)N1CCC(OC)CC1. The van der Waals surface area contributed by atoms with Crippen molar-refractivity contribution in [2.75, 3.05) is 37.1 Å². The third kappa shape index (κ3) is 5.98. The number of hydrogen-bond donors (Lipinski definition) is 3. The fraction of sp³-hybridized carbons (Fsp3) is 0.379. The van der Waals surface area contributed by atoms with Gasteiger partial charge in [-0.2, -0.15) is 0 Å². The number of nitrogens with one attached hydrogen (secondary N) is 3. The second kappa shape index (κ2) is 12.1. The van der Waals surface area contributed by atoms with Crippen molar-refractivity contribution in [3.05, 3.63) is 54.2 Å². The highest BCUT2D eigenvalue weighted by Gasteiger charge is 2.29. The number of pyridine rings is 1. The topological polar surface area (TPSA) is 142 Å². The summed E-state index contributed by atoms with van der Waals surface area (Å²) >= 11 is 0. The number of carbonyl (C=O) groups excluding carboxylic acids is 1. The number of sulfone groups is 1. The Morgan fingerprint density at radius 3 is 2.69 bits per heavy atom. The summed E-state index contributed by atoms with van der Waals surface area (Å²) in [6.45, 7) is 5.44. The number of nitrogens with zero attached hydrogens (tertiary/aromatic N) is 4. The molecule has 1 unspecified atom stereocenters. The lowest BCUT2D eigenvalue weighted by Crippen LogP contribution is -2.48. The highest BCUT2D eigenvalue weighted by Crippen LogP contribution is 2.33. The number of ether oxygens (including phenoxy) is 1. The minimum Gasteiger partial charge on any atom is -0.381 e. The van der Waals surface area contributed by atoms with Gasteiger partial charge in [0.05, 0.1) is 29.0 Å². The van der Waals surface area contributed by atoms with Crippen molar-refractivity contribution < 1.29 is 22.3 Å². The van der Waals surface area contributed by atoms with Gasteiger partial charge in [0, 0.05) is 56.0 Å². The zero-order chi connectivity index (χ0) is 30.0. The summed E-state index contributed by atoms with van der Waals surface area (Å²) in [5.74, 6) is -0.510. The van der Waals surface area contributed by atoms with Gasteiger partial charge in [-0.1, -0.05) is 13.0 Å². The van der Waals surface area contributed by atoms with Crippen molar-refractivity contribution in [1.82, 2.24) is 24.8 Å². The van der Waals surface area contributed by atoms with Gasteiger partial charge in [-0.25, -0.2) is 27.8 Å². The van der Waals surface area contributed by atoms with Crippen LogP contribution in [0.25, 0.3) is 22.2 Å². The zero-order valence-corrected chi connectivity index (χ0v) is 24.8. The molecule has 1 fully saturated rings. The summed E-state index contributed by atoms with van der Waals surface area (Å²) in [5.41, 5.74) is 2.67. The number of piperidine rings is 1. The molecule has 1 aliphatic heterocycles. The second-order valence-electron chi connectivity index (χ2n) is 10.4. The van der Waals surface area contributed by atoms with E-state index >= 15 is 0 Å². The molecule has 4 aromatic rings. The number of hydrogen-bond acceptors (Lipinski definition) is 9. The van der Waals surface area contributed by atoms with E-state index in [1.807, 2.05) is 19.9 Å². The lowest BCUT2D eigenvalue weighted by atomic mass is 10.0. The van der Waals surface area contributed by atoms with Crippen LogP contribution in [0.15, 0.2) is 47.8 Å². The fourth-order valence-electron chi connectivity index (χ4n) is 5.37. The Kier molecular flexibility index (Phi) is 8.53. The van der Waals surface area contributed by atoms with Crippen LogP contribution < -0.4 is 10.6 Å². The number of anilines is 3. The summed E-state index contributed by atoms with van der Waals surface area (Å²) in [6.07, 6.45) is 8.63. The molecule has 4 heterocycles. The number of aromatic amines is 1. The van der Waals surface area contributed by atoms with Crippen LogP contribution in [0.2, 0.25) is 0 Å². The number of rotatable bonds is 9. The third-order valence-electron chi connectivity index (χ3n) is 7.62. The number of carbonyl (C=O) groups is 1. The van der Waals surface area contributed by atoms with E-state index in [1.165, 1.54) is 18.2 Å². The van der Waals surface area contributed by atoms with Crippen LogP contribution in [-0.4, -0.2) is 77.8 Å². The Bertz CT molecular complexity index is 1720. The first-order valence-electron chi connectivity index (χ1n) is 13.7. The Morgan fingerprint density at radius 1 is 1.24 bits per heavy atom. The Hall–Kier alpha value is -3.94. The molecule has 3 aromatic heterocycles. The van der Waals surface area contributed by atoms with Crippen molar-refractivity contribution in [3.8, 4) is 11.3 Å². The molecule has 1 saturated heterocycles. The number of benzene rings is 1. The molecule has 5 rings (SSSR count). The lowest BCUT2D eigenvalue weighted by Gasteiger charge is -2.35. The van der Waals surface area contributed by atoms with E-state index in [0.29, 0.717) is 23.4 Å². The Morgan fingerprint density at radius 2 is 2.00 bits per heavy atom. The summed E-state index contributed by atoms with van der Waals surface area (Å²) < 4.78 is 44.3. The average Bonchev–Trinajstić information content (AvgIpc) is 3.40. The van der Waals surface area contributed by atoms with Gasteiger partial charge in [-0.05, 0) is 49.9 Å². The van der Waals surface area contributed by atoms with E-state index in [2.05, 4.69) is 35.5 Å². The highest BCUT2D eigenvalue weighted by molar-refractivity contribution is 7.90. The first-order chi connectivity index (χ1) is 20.1. The van der Waals surface area contributed by atoms with Crippen LogP contribution in [0, 0.1) is 12.7 Å². The molecule has 11 nitrogen and oxygen atoms in total. The number of methoxy groups -OCH3 is 1. The van der Waals surface area contributed by atoms with E-state index < -0.39 is 20.5 Å². The van der Waals surface area contributed by atoms with Gasteiger partial charge in [0.15, 0.2) is 21.5 Å². The predicted molar refractivity (Wildman–Crippen MR) is 159 cm³/mol. The summed E-state index contributed by atoms with van der Waals surface area (Å²) in [5, 5.41) is 6.60. The number of halogens is 1. The highest BCUT2D eigenvalue weighted by atomic mass is 32.2. The smallest absolute Gasteiger partial charge is 0.242 e. The molecule has 42 heavy (non-hydrogen) atoms. The summed E-state index contributed by atoms with van der Waals surface area (Å²) in [6, 6.07) is 5.62. The van der Waals surface area contributed by atoms with Crippen molar-refractivity contribution in [2.24, 2.45) is 0 Å². The van der Waals surface area contributed by atoms with Crippen molar-refractivity contribution in [3.63, 3.8) is 0 Å². The van der Waals surface area contributed by atoms with E-state index in [-0.39, 0.29) is 29.7 Å². The van der Waals surface area contributed by atoms with Gasteiger partial charge in [0.25, 0.3) is 0 Å². The maximum Gasteiger partial charge on any atom is 0.242 e. The molecule has 1 atom stereocenters. The quantitative estimate of drug-likeness (QED) is 0.256. The van der Waals surface area contributed by atoms with E-state index in [9.17, 15) is 17.6 Å². The van der Waals surface area contributed by atoms with E-state index in [0.717, 1.165) is 48.7 Å². The van der Waals surface area contributed by atoms with E-state index in [4.69, 9.17) is 4.74 Å². The number of H-pyrrole nitrogens is 1. The molecule has 0 spiro atoms. The largest absolute Gasteiger partial charge is 0.381 e. The molecule has 1 aliphatic rings. The molecule has 1 aromatic carbocycles. The maximum atomic E-state index is 14.9. The van der Waals surface area contributed by atoms with Gasteiger partial charge in [-0.15, -0.1) is 0 Å². The molecule has 222 valence electrons. The van der Waals surface area contributed by atoms with E-state index in [1.54, 1.807) is 25.7 Å². The molecule has 0 aliphatic carbocycles. The standard InChI is InChI=1S/C29H34FN7O4S/c1-5-22(37-13-10-18(41-3)11-14-37)28(38)36-27-26-19(9-12-31-27)20(16-32-26)25-17(2)15-33-29(35-25)34-21-7-6-8-23(24(21)30)42(4,39)40/h6-9,12,15-16,18,22,32H,5,10-11,13-14H2,1-4H3,(H,31,36,38)(H,33,34,35). The number of likely N-dealkylation sites (tertiary alicyclic amines) is 1. The van der Waals surface area contributed by atoms with Crippen molar-refractivity contribution >= 4 is 44.1 Å². The molecular formula is C29H34FN7O4S. The summed E-state index contributed by atoms with van der Waals surface area (Å²) in [7, 11) is -2.03. The molecule has 3 N–H and O–H groups in total. The number of fused-ring (bicyclic) bond motifs is 1. The molecule has 0 radical (unpaired) electrons. The molecule has 13 heteroatoms. The zero-order valence-electron chi connectivity index (χ0n) is 23.9. The number of aryl methyl sites for hydroxylation is 1. The Balaban J connectivity index is 1.41. The Labute approximate surface area is 243 Å². The van der Waals surface area contributed by atoms with Gasteiger partial charge in [-0.3, -0.25) is 9.69 Å². The van der Waals surface area contributed by atoms with Crippen molar-refractivity contribution in [2.45, 2.75) is 50.2 Å². The lowest BCUT2D eigenvalue weighted by molar-refractivity contribution is -0.122. The monoisotopic (exact) mass is 595 g/mol. The predicted octanol–water partition coefficient (Wildman–Crippen LogP) is 4.44. The van der Waals surface area contributed by atoms with Crippen molar-refractivity contribution in [1.29, 1.82) is 0 Å². The normalized spacial score (nSPS) is 15.5. The minimum atomic E-state index is -3.76. The molecule has 0 saturated carbocycles. The minimum absolute atomic E-state index is 0.0576. The second-order valence-corrected chi connectivity index (χ2v) is 12.4. The molecular weight excluding hydrogens is 561 g/mol. The maximum absolute atomic E-state index is 14.9. The van der Waals surface area contributed by atoms with Crippen LogP contribution in [0.3, 0.4) is 0 Å². The van der Waals surface area contributed by atoms with Crippen LogP contribution in [-0.2, 0) is 19.4 Å². The first-order valence-corrected chi connectivity index (χ1v) is 15.6. The van der Waals surface area contributed by atoms with Gasteiger partial charge >= 0.3 is 0 Å². The van der Waals surface area contributed by atoms with Gasteiger partial charge in [0.1, 0.15) is 4.90 Å². The van der Waals surface area contributed by atoms with Crippen LogP contribution >= 0.6 is 0 Å². The fourth-order valence-corrected chi connectivity index (χ4v) is 6.13. The van der Waals surface area contributed by atoms with Crippen LogP contribution in [0.1, 0.15) is 31.7 Å². The third-order valence-corrected chi connectivity index (χ3v) is 8.73. The van der Waals surface area contributed by atoms with Crippen LogP contribution in [0.4, 0.5) is 21.8 Å².